The Morgan fingerprint density at radius 3 is 2.38 bits per heavy atom. The molecule has 0 amide bonds. The summed E-state index contributed by atoms with van der Waals surface area (Å²) in [5.41, 5.74) is 3.99. The highest BCUT2D eigenvalue weighted by Crippen LogP contribution is 2.29. The summed E-state index contributed by atoms with van der Waals surface area (Å²) >= 11 is 0. The van der Waals surface area contributed by atoms with Crippen LogP contribution >= 0.6 is 0 Å². The van der Waals surface area contributed by atoms with Crippen molar-refractivity contribution in [2.24, 2.45) is 0 Å². The standard InChI is InChI=1S/C18H27NO2/c1-18(2,3)15-7-8-17-16(12-15)14(6-4-10-20)13-19(17)9-5-11-21/h7-8,12-13,20-21H,4-6,9-11H2,1-3H3. The van der Waals surface area contributed by atoms with E-state index in [1.807, 2.05) is 0 Å². The van der Waals surface area contributed by atoms with Crippen molar-refractivity contribution in [3.63, 3.8) is 0 Å². The summed E-state index contributed by atoms with van der Waals surface area (Å²) < 4.78 is 2.23. The van der Waals surface area contributed by atoms with Gasteiger partial charge in [0.25, 0.3) is 0 Å². The third-order valence-electron chi connectivity index (χ3n) is 3.99. The van der Waals surface area contributed by atoms with Crippen LogP contribution in [0, 0.1) is 0 Å². The van der Waals surface area contributed by atoms with E-state index in [1.54, 1.807) is 0 Å². The van der Waals surface area contributed by atoms with Crippen LogP contribution in [0.5, 0.6) is 0 Å². The van der Waals surface area contributed by atoms with E-state index in [0.29, 0.717) is 0 Å². The molecule has 0 spiro atoms. The molecule has 0 fully saturated rings. The monoisotopic (exact) mass is 289 g/mol. The number of nitrogens with zero attached hydrogens (tertiary/aromatic N) is 1. The van der Waals surface area contributed by atoms with E-state index in [1.165, 1.54) is 22.0 Å². The van der Waals surface area contributed by atoms with Gasteiger partial charge in [-0.05, 0) is 47.9 Å². The summed E-state index contributed by atoms with van der Waals surface area (Å²) in [7, 11) is 0. The first-order chi connectivity index (χ1) is 9.97. The van der Waals surface area contributed by atoms with E-state index in [2.05, 4.69) is 49.7 Å². The van der Waals surface area contributed by atoms with Gasteiger partial charge in [-0.2, -0.15) is 0 Å². The molecule has 0 saturated carbocycles. The number of hydrogen-bond acceptors (Lipinski definition) is 2. The largest absolute Gasteiger partial charge is 0.396 e. The van der Waals surface area contributed by atoms with Gasteiger partial charge in [-0.25, -0.2) is 0 Å². The quantitative estimate of drug-likeness (QED) is 0.857. The second-order valence-corrected chi connectivity index (χ2v) is 6.73. The summed E-state index contributed by atoms with van der Waals surface area (Å²) in [5, 5.41) is 19.4. The Bertz CT molecular complexity index is 593. The number of fused-ring (bicyclic) bond motifs is 1. The molecule has 0 bridgehead atoms. The Morgan fingerprint density at radius 2 is 1.76 bits per heavy atom. The minimum atomic E-state index is 0.135. The topological polar surface area (TPSA) is 45.4 Å². The van der Waals surface area contributed by atoms with E-state index in [0.717, 1.165) is 25.8 Å². The number of rotatable bonds is 6. The van der Waals surface area contributed by atoms with Crippen LogP contribution in [0.25, 0.3) is 10.9 Å². The van der Waals surface area contributed by atoms with E-state index in [-0.39, 0.29) is 18.6 Å². The van der Waals surface area contributed by atoms with Crippen LogP contribution in [0.1, 0.15) is 44.7 Å². The van der Waals surface area contributed by atoms with Crippen molar-refractivity contribution in [3.8, 4) is 0 Å². The lowest BCUT2D eigenvalue weighted by molar-refractivity contribution is 0.280. The zero-order valence-corrected chi connectivity index (χ0v) is 13.4. The van der Waals surface area contributed by atoms with Crippen molar-refractivity contribution in [1.82, 2.24) is 4.57 Å². The molecule has 2 aromatic rings. The number of aliphatic hydroxyl groups excluding tert-OH is 2. The van der Waals surface area contributed by atoms with Gasteiger partial charge in [-0.3, -0.25) is 0 Å². The molecule has 21 heavy (non-hydrogen) atoms. The first-order valence-electron chi connectivity index (χ1n) is 7.81. The molecular weight excluding hydrogens is 262 g/mol. The average Bonchev–Trinajstić information content (AvgIpc) is 2.79. The van der Waals surface area contributed by atoms with E-state index < -0.39 is 0 Å². The molecule has 0 radical (unpaired) electrons. The van der Waals surface area contributed by atoms with Gasteiger partial charge < -0.3 is 14.8 Å². The van der Waals surface area contributed by atoms with Crippen LogP contribution in [0.3, 0.4) is 0 Å². The van der Waals surface area contributed by atoms with E-state index in [4.69, 9.17) is 10.2 Å². The lowest BCUT2D eigenvalue weighted by Gasteiger charge is -2.19. The molecule has 0 atom stereocenters. The second kappa shape index (κ2) is 6.63. The van der Waals surface area contributed by atoms with Gasteiger partial charge in [0, 0.05) is 36.9 Å². The first kappa shape index (κ1) is 16.1. The van der Waals surface area contributed by atoms with Gasteiger partial charge in [0.2, 0.25) is 0 Å². The molecule has 3 nitrogen and oxygen atoms in total. The van der Waals surface area contributed by atoms with Crippen molar-refractivity contribution in [1.29, 1.82) is 0 Å². The third kappa shape index (κ3) is 3.66. The number of benzene rings is 1. The Morgan fingerprint density at radius 1 is 1.05 bits per heavy atom. The fourth-order valence-corrected chi connectivity index (χ4v) is 2.73. The average molecular weight is 289 g/mol. The maximum atomic E-state index is 9.09. The molecule has 1 aromatic carbocycles. The lowest BCUT2D eigenvalue weighted by atomic mass is 9.86. The van der Waals surface area contributed by atoms with Gasteiger partial charge in [0.05, 0.1) is 0 Å². The maximum Gasteiger partial charge on any atom is 0.0483 e. The smallest absolute Gasteiger partial charge is 0.0483 e. The fourth-order valence-electron chi connectivity index (χ4n) is 2.73. The lowest BCUT2D eigenvalue weighted by Crippen LogP contribution is -2.10. The van der Waals surface area contributed by atoms with Crippen molar-refractivity contribution >= 4 is 10.9 Å². The number of aryl methyl sites for hydroxylation is 2. The highest BCUT2D eigenvalue weighted by atomic mass is 16.3. The highest BCUT2D eigenvalue weighted by molar-refractivity contribution is 5.85. The number of hydrogen-bond donors (Lipinski definition) is 2. The summed E-state index contributed by atoms with van der Waals surface area (Å²) in [6.07, 6.45) is 4.64. The Kier molecular flexibility index (Phi) is 5.07. The van der Waals surface area contributed by atoms with Crippen molar-refractivity contribution in [2.75, 3.05) is 13.2 Å². The zero-order chi connectivity index (χ0) is 15.5. The maximum absolute atomic E-state index is 9.09. The molecule has 0 saturated heterocycles. The molecule has 0 aliphatic rings. The second-order valence-electron chi connectivity index (χ2n) is 6.73. The van der Waals surface area contributed by atoms with E-state index >= 15 is 0 Å². The van der Waals surface area contributed by atoms with Crippen LogP contribution in [0.15, 0.2) is 24.4 Å². The summed E-state index contributed by atoms with van der Waals surface area (Å²) in [4.78, 5) is 0. The van der Waals surface area contributed by atoms with Crippen molar-refractivity contribution in [2.45, 2.75) is 52.0 Å². The Hall–Kier alpha value is -1.32. The Balaban J connectivity index is 2.47. The molecule has 0 aliphatic heterocycles. The molecule has 2 N–H and O–H groups in total. The third-order valence-corrected chi connectivity index (χ3v) is 3.99. The van der Waals surface area contributed by atoms with Gasteiger partial charge in [-0.15, -0.1) is 0 Å². The molecule has 116 valence electrons. The minimum Gasteiger partial charge on any atom is -0.396 e. The fraction of sp³-hybridized carbons (Fsp3) is 0.556. The summed E-state index contributed by atoms with van der Waals surface area (Å²) in [6, 6.07) is 6.68. The van der Waals surface area contributed by atoms with Crippen LogP contribution in [-0.4, -0.2) is 28.0 Å². The molecular formula is C18H27NO2. The summed E-state index contributed by atoms with van der Waals surface area (Å²) in [5.74, 6) is 0. The number of aromatic nitrogens is 1. The highest BCUT2D eigenvalue weighted by Gasteiger charge is 2.16. The molecule has 1 heterocycles. The zero-order valence-electron chi connectivity index (χ0n) is 13.4. The van der Waals surface area contributed by atoms with E-state index in [9.17, 15) is 0 Å². The predicted molar refractivity (Wildman–Crippen MR) is 87.7 cm³/mol. The van der Waals surface area contributed by atoms with Crippen molar-refractivity contribution < 1.29 is 10.2 Å². The van der Waals surface area contributed by atoms with Crippen molar-refractivity contribution in [3.05, 3.63) is 35.5 Å². The van der Waals surface area contributed by atoms with Gasteiger partial charge in [0.1, 0.15) is 0 Å². The summed E-state index contributed by atoms with van der Waals surface area (Å²) in [6.45, 7) is 7.95. The van der Waals surface area contributed by atoms with Crippen LogP contribution in [0.4, 0.5) is 0 Å². The first-order valence-corrected chi connectivity index (χ1v) is 7.81. The van der Waals surface area contributed by atoms with Crippen LogP contribution < -0.4 is 0 Å². The van der Waals surface area contributed by atoms with Crippen LogP contribution in [0.2, 0.25) is 0 Å². The minimum absolute atomic E-state index is 0.135. The Labute approximate surface area is 127 Å². The normalized spacial score (nSPS) is 12.2. The molecule has 0 unspecified atom stereocenters. The molecule has 0 aliphatic carbocycles. The van der Waals surface area contributed by atoms with Gasteiger partial charge >= 0.3 is 0 Å². The van der Waals surface area contributed by atoms with Gasteiger partial charge in [-0.1, -0.05) is 26.8 Å². The van der Waals surface area contributed by atoms with Gasteiger partial charge in [0.15, 0.2) is 0 Å². The molecule has 1 aromatic heterocycles. The molecule has 2 rings (SSSR count). The van der Waals surface area contributed by atoms with Crippen LogP contribution in [-0.2, 0) is 18.4 Å². The number of aliphatic hydroxyl groups is 2. The SMILES string of the molecule is CC(C)(C)c1ccc2c(c1)c(CCCO)cn2CCCO. The predicted octanol–water partition coefficient (Wildman–Crippen LogP) is 3.25. The molecule has 3 heteroatoms.